The number of nitrogens with zero attached hydrogens (tertiary/aromatic N) is 1. The van der Waals surface area contributed by atoms with Crippen molar-refractivity contribution >= 4 is 23.2 Å². The second-order valence-corrected chi connectivity index (χ2v) is 6.79. The highest BCUT2D eigenvalue weighted by Gasteiger charge is 2.44. The highest BCUT2D eigenvalue weighted by atomic mass is 16.5. The maximum Gasteiger partial charge on any atom is 0.244 e. The molecule has 0 saturated heterocycles. The van der Waals surface area contributed by atoms with E-state index in [0.717, 1.165) is 16.8 Å². The van der Waals surface area contributed by atoms with Crippen LogP contribution in [0.25, 0.3) is 0 Å². The molecule has 1 aliphatic heterocycles. The second-order valence-electron chi connectivity index (χ2n) is 6.79. The van der Waals surface area contributed by atoms with Gasteiger partial charge in [-0.3, -0.25) is 9.59 Å². The van der Waals surface area contributed by atoms with E-state index in [1.165, 1.54) is 0 Å². The molecule has 2 amide bonds. The molecule has 0 radical (unpaired) electrons. The Bertz CT molecular complexity index is 843. The maximum absolute atomic E-state index is 12.8. The lowest BCUT2D eigenvalue weighted by atomic mass is 9.86. The van der Waals surface area contributed by atoms with E-state index in [0.29, 0.717) is 11.4 Å². The SMILES string of the molecule is COc1ccc(C)cc1NC(=O)CN1C(=O)C(C)(C)c2ccccc21. The fourth-order valence-electron chi connectivity index (χ4n) is 3.21. The van der Waals surface area contributed by atoms with Crippen LogP contribution in [0.1, 0.15) is 25.0 Å². The van der Waals surface area contributed by atoms with Gasteiger partial charge in [-0.1, -0.05) is 24.3 Å². The summed E-state index contributed by atoms with van der Waals surface area (Å²) < 4.78 is 5.29. The molecule has 2 aromatic rings. The fraction of sp³-hybridized carbons (Fsp3) is 0.300. The van der Waals surface area contributed by atoms with Gasteiger partial charge < -0.3 is 15.0 Å². The van der Waals surface area contributed by atoms with Gasteiger partial charge in [-0.2, -0.15) is 0 Å². The molecule has 5 nitrogen and oxygen atoms in total. The first kappa shape index (κ1) is 17.0. The number of methoxy groups -OCH3 is 1. The van der Waals surface area contributed by atoms with Crippen molar-refractivity contribution in [3.05, 3.63) is 53.6 Å². The zero-order chi connectivity index (χ0) is 18.2. The molecule has 0 bridgehead atoms. The van der Waals surface area contributed by atoms with E-state index in [9.17, 15) is 9.59 Å². The van der Waals surface area contributed by atoms with Gasteiger partial charge >= 0.3 is 0 Å². The summed E-state index contributed by atoms with van der Waals surface area (Å²) in [4.78, 5) is 26.9. The molecule has 0 saturated carbocycles. The Balaban J connectivity index is 1.83. The number of aryl methyl sites for hydroxylation is 1. The summed E-state index contributed by atoms with van der Waals surface area (Å²) in [7, 11) is 1.56. The number of nitrogens with one attached hydrogen (secondary N) is 1. The Hall–Kier alpha value is -2.82. The Morgan fingerprint density at radius 1 is 1.20 bits per heavy atom. The second kappa shape index (κ2) is 6.24. The van der Waals surface area contributed by atoms with E-state index < -0.39 is 5.41 Å². The smallest absolute Gasteiger partial charge is 0.244 e. The van der Waals surface area contributed by atoms with Gasteiger partial charge in [0.25, 0.3) is 0 Å². The summed E-state index contributed by atoms with van der Waals surface area (Å²) in [6, 6.07) is 13.2. The number of carbonyl (C=O) groups excluding carboxylic acids is 2. The molecule has 1 N–H and O–H groups in total. The molecule has 1 aliphatic rings. The molecule has 0 fully saturated rings. The normalized spacial score (nSPS) is 15.0. The van der Waals surface area contributed by atoms with Crippen molar-refractivity contribution in [1.82, 2.24) is 0 Å². The number of anilines is 2. The number of carbonyl (C=O) groups is 2. The minimum Gasteiger partial charge on any atom is -0.495 e. The molecular weight excluding hydrogens is 316 g/mol. The molecule has 3 rings (SSSR count). The Labute approximate surface area is 147 Å². The summed E-state index contributed by atoms with van der Waals surface area (Å²) in [5, 5.41) is 2.85. The zero-order valence-corrected chi connectivity index (χ0v) is 14.9. The average Bonchev–Trinajstić information content (AvgIpc) is 2.76. The van der Waals surface area contributed by atoms with Gasteiger partial charge in [-0.15, -0.1) is 0 Å². The number of para-hydroxylation sites is 1. The standard InChI is InChI=1S/C20H22N2O3/c1-13-9-10-17(25-4)15(11-13)21-18(23)12-22-16-8-6-5-7-14(16)20(2,3)19(22)24/h5-11H,12H2,1-4H3,(H,21,23). The molecular formula is C20H22N2O3. The molecule has 1 heterocycles. The molecule has 0 spiro atoms. The van der Waals surface area contributed by atoms with E-state index >= 15 is 0 Å². The number of hydrogen-bond acceptors (Lipinski definition) is 3. The van der Waals surface area contributed by atoms with E-state index in [1.54, 1.807) is 12.0 Å². The number of amides is 2. The maximum atomic E-state index is 12.8. The summed E-state index contributed by atoms with van der Waals surface area (Å²) in [6.07, 6.45) is 0. The van der Waals surface area contributed by atoms with Crippen LogP contribution in [-0.4, -0.2) is 25.5 Å². The first-order valence-electron chi connectivity index (χ1n) is 8.20. The number of hydrogen-bond donors (Lipinski definition) is 1. The summed E-state index contributed by atoms with van der Waals surface area (Å²) in [5.41, 5.74) is 2.73. The van der Waals surface area contributed by atoms with Crippen molar-refractivity contribution in [3.63, 3.8) is 0 Å². The van der Waals surface area contributed by atoms with Crippen molar-refractivity contribution < 1.29 is 14.3 Å². The fourth-order valence-corrected chi connectivity index (χ4v) is 3.21. The number of rotatable bonds is 4. The van der Waals surface area contributed by atoms with Crippen LogP contribution < -0.4 is 15.0 Å². The minimum atomic E-state index is -0.627. The Kier molecular flexibility index (Phi) is 4.25. The summed E-state index contributed by atoms with van der Waals surface area (Å²) in [6.45, 7) is 5.68. The third kappa shape index (κ3) is 2.97. The van der Waals surface area contributed by atoms with Gasteiger partial charge in [0.05, 0.1) is 18.2 Å². The van der Waals surface area contributed by atoms with Crippen molar-refractivity contribution in [1.29, 1.82) is 0 Å². The Morgan fingerprint density at radius 3 is 2.64 bits per heavy atom. The minimum absolute atomic E-state index is 0.0314. The lowest BCUT2D eigenvalue weighted by Crippen LogP contribution is -2.40. The predicted octanol–water partition coefficient (Wildman–Crippen LogP) is 3.27. The van der Waals surface area contributed by atoms with Crippen LogP contribution in [0.2, 0.25) is 0 Å². The van der Waals surface area contributed by atoms with E-state index in [1.807, 2.05) is 63.2 Å². The molecule has 25 heavy (non-hydrogen) atoms. The predicted molar refractivity (Wildman–Crippen MR) is 98.2 cm³/mol. The largest absolute Gasteiger partial charge is 0.495 e. The van der Waals surface area contributed by atoms with Gasteiger partial charge in [0, 0.05) is 5.69 Å². The summed E-state index contributed by atoms with van der Waals surface area (Å²) in [5.74, 6) is 0.261. The number of benzene rings is 2. The van der Waals surface area contributed by atoms with Crippen molar-refractivity contribution in [3.8, 4) is 5.75 Å². The van der Waals surface area contributed by atoms with Crippen LogP contribution >= 0.6 is 0 Å². The van der Waals surface area contributed by atoms with E-state index in [2.05, 4.69) is 5.32 Å². The van der Waals surface area contributed by atoms with Crippen LogP contribution in [0.15, 0.2) is 42.5 Å². The molecule has 0 atom stereocenters. The van der Waals surface area contributed by atoms with Gasteiger partial charge in [-0.25, -0.2) is 0 Å². The van der Waals surface area contributed by atoms with Gasteiger partial charge in [0.1, 0.15) is 12.3 Å². The third-order valence-electron chi connectivity index (χ3n) is 4.58. The lowest BCUT2D eigenvalue weighted by molar-refractivity contribution is -0.124. The van der Waals surface area contributed by atoms with Crippen LogP contribution in [-0.2, 0) is 15.0 Å². The first-order valence-corrected chi connectivity index (χ1v) is 8.20. The van der Waals surface area contributed by atoms with Crippen LogP contribution in [0.4, 0.5) is 11.4 Å². The van der Waals surface area contributed by atoms with Gasteiger partial charge in [0.15, 0.2) is 0 Å². The van der Waals surface area contributed by atoms with Gasteiger partial charge in [0.2, 0.25) is 11.8 Å². The number of fused-ring (bicyclic) bond motifs is 1. The topological polar surface area (TPSA) is 58.6 Å². The third-order valence-corrected chi connectivity index (χ3v) is 4.58. The Morgan fingerprint density at radius 2 is 1.92 bits per heavy atom. The highest BCUT2D eigenvalue weighted by Crippen LogP contribution is 2.41. The van der Waals surface area contributed by atoms with Gasteiger partial charge in [-0.05, 0) is 50.1 Å². The first-order chi connectivity index (χ1) is 11.8. The van der Waals surface area contributed by atoms with Crippen LogP contribution in [0.5, 0.6) is 5.75 Å². The zero-order valence-electron chi connectivity index (χ0n) is 14.9. The van der Waals surface area contributed by atoms with Crippen LogP contribution in [0, 0.1) is 6.92 Å². The average molecular weight is 338 g/mol. The van der Waals surface area contributed by atoms with E-state index in [-0.39, 0.29) is 18.4 Å². The lowest BCUT2D eigenvalue weighted by Gasteiger charge is -2.20. The molecule has 0 aromatic heterocycles. The highest BCUT2D eigenvalue weighted by molar-refractivity contribution is 6.11. The molecule has 0 aliphatic carbocycles. The monoisotopic (exact) mass is 338 g/mol. The molecule has 0 unspecified atom stereocenters. The number of ether oxygens (including phenoxy) is 1. The van der Waals surface area contributed by atoms with Crippen molar-refractivity contribution in [2.75, 3.05) is 23.9 Å². The van der Waals surface area contributed by atoms with Crippen LogP contribution in [0.3, 0.4) is 0 Å². The van der Waals surface area contributed by atoms with Crippen molar-refractivity contribution in [2.24, 2.45) is 0 Å². The molecule has 130 valence electrons. The van der Waals surface area contributed by atoms with Crippen molar-refractivity contribution in [2.45, 2.75) is 26.2 Å². The van der Waals surface area contributed by atoms with E-state index in [4.69, 9.17) is 4.74 Å². The summed E-state index contributed by atoms with van der Waals surface area (Å²) >= 11 is 0. The quantitative estimate of drug-likeness (QED) is 0.931. The molecule has 5 heteroatoms. The molecule has 2 aromatic carbocycles.